The molecule has 0 saturated carbocycles. The quantitative estimate of drug-likeness (QED) is 0.796. The van der Waals surface area contributed by atoms with Gasteiger partial charge in [0.15, 0.2) is 0 Å². The zero-order valence-electron chi connectivity index (χ0n) is 12.3. The minimum atomic E-state index is -0.0259. The Kier molecular flexibility index (Phi) is 3.67. The second-order valence-electron chi connectivity index (χ2n) is 5.22. The van der Waals surface area contributed by atoms with E-state index in [1.54, 1.807) is 7.11 Å². The number of methoxy groups -OCH3 is 1. The fourth-order valence-electron chi connectivity index (χ4n) is 2.87. The van der Waals surface area contributed by atoms with Crippen LogP contribution in [-0.4, -0.2) is 23.4 Å². The molecule has 108 valence electrons. The topological polar surface area (TPSA) is 34.4 Å². The van der Waals surface area contributed by atoms with Gasteiger partial charge in [-0.05, 0) is 29.3 Å². The van der Waals surface area contributed by atoms with Gasteiger partial charge in [-0.15, -0.1) is 0 Å². The maximum absolute atomic E-state index is 9.89. The highest BCUT2D eigenvalue weighted by atomic mass is 16.5. The van der Waals surface area contributed by atoms with Crippen LogP contribution in [0, 0.1) is 0 Å². The summed E-state index contributed by atoms with van der Waals surface area (Å²) in [6, 6.07) is 16.2. The summed E-state index contributed by atoms with van der Waals surface area (Å²) in [5, 5.41) is 11.1. The molecule has 0 saturated heterocycles. The van der Waals surface area contributed by atoms with Gasteiger partial charge < -0.3 is 14.4 Å². The fourth-order valence-corrected chi connectivity index (χ4v) is 2.87. The van der Waals surface area contributed by atoms with Gasteiger partial charge in [-0.2, -0.15) is 0 Å². The zero-order valence-corrected chi connectivity index (χ0v) is 12.3. The predicted octanol–water partition coefficient (Wildman–Crippen LogP) is 3.31. The van der Waals surface area contributed by atoms with Crippen molar-refractivity contribution in [2.75, 3.05) is 13.7 Å². The lowest BCUT2D eigenvalue weighted by atomic mass is 9.92. The first-order valence-corrected chi connectivity index (χ1v) is 7.03. The Morgan fingerprint density at radius 3 is 2.48 bits per heavy atom. The molecule has 1 N–H and O–H groups in total. The first-order valence-electron chi connectivity index (χ1n) is 7.03. The highest BCUT2D eigenvalue weighted by Crippen LogP contribution is 2.32. The van der Waals surface area contributed by atoms with E-state index in [0.29, 0.717) is 0 Å². The summed E-state index contributed by atoms with van der Waals surface area (Å²) in [5.74, 6) is 0.801. The van der Waals surface area contributed by atoms with E-state index >= 15 is 0 Å². The first kappa shape index (κ1) is 13.7. The number of fused-ring (bicyclic) bond motifs is 1. The van der Waals surface area contributed by atoms with Crippen LogP contribution in [0.1, 0.15) is 17.0 Å². The Bertz CT molecular complexity index is 744. The van der Waals surface area contributed by atoms with Crippen LogP contribution in [0.15, 0.2) is 54.7 Å². The standard InChI is InChI=1S/C18H19NO2/c1-19-11-16(15-5-3-4-6-18(15)19)17(12-20)13-7-9-14(21-2)10-8-13/h3-11,17,20H,12H2,1-2H3. The van der Waals surface area contributed by atoms with Crippen LogP contribution in [0.4, 0.5) is 0 Å². The van der Waals surface area contributed by atoms with Crippen LogP contribution >= 0.6 is 0 Å². The van der Waals surface area contributed by atoms with Gasteiger partial charge in [0.1, 0.15) is 5.75 Å². The summed E-state index contributed by atoms with van der Waals surface area (Å²) in [7, 11) is 3.69. The van der Waals surface area contributed by atoms with Gasteiger partial charge in [0.2, 0.25) is 0 Å². The third-order valence-electron chi connectivity index (χ3n) is 4.00. The molecule has 0 aliphatic heterocycles. The van der Waals surface area contributed by atoms with Gasteiger partial charge >= 0.3 is 0 Å². The smallest absolute Gasteiger partial charge is 0.118 e. The number of benzene rings is 2. The molecule has 3 heteroatoms. The number of aliphatic hydroxyl groups is 1. The van der Waals surface area contributed by atoms with E-state index < -0.39 is 0 Å². The minimum absolute atomic E-state index is 0.0259. The number of aliphatic hydroxyl groups excluding tert-OH is 1. The second kappa shape index (κ2) is 5.62. The molecule has 0 aliphatic carbocycles. The largest absolute Gasteiger partial charge is 0.497 e. The Morgan fingerprint density at radius 1 is 1.10 bits per heavy atom. The van der Waals surface area contributed by atoms with Crippen LogP contribution in [0.25, 0.3) is 10.9 Å². The minimum Gasteiger partial charge on any atom is -0.497 e. The summed E-state index contributed by atoms with van der Waals surface area (Å²) in [6.45, 7) is 0.0837. The van der Waals surface area contributed by atoms with E-state index in [-0.39, 0.29) is 12.5 Å². The number of rotatable bonds is 4. The van der Waals surface area contributed by atoms with Crippen LogP contribution in [0.2, 0.25) is 0 Å². The van der Waals surface area contributed by atoms with Crippen molar-refractivity contribution >= 4 is 10.9 Å². The molecule has 3 rings (SSSR count). The van der Waals surface area contributed by atoms with Crippen LogP contribution in [0.5, 0.6) is 5.75 Å². The van der Waals surface area contributed by atoms with Gasteiger partial charge in [0.25, 0.3) is 0 Å². The van der Waals surface area contributed by atoms with Crippen molar-refractivity contribution in [3.05, 3.63) is 65.9 Å². The second-order valence-corrected chi connectivity index (χ2v) is 5.22. The molecular weight excluding hydrogens is 262 g/mol. The number of aryl methyl sites for hydroxylation is 1. The molecule has 21 heavy (non-hydrogen) atoms. The number of nitrogens with zero attached hydrogens (tertiary/aromatic N) is 1. The molecule has 0 fully saturated rings. The number of ether oxygens (including phenoxy) is 1. The van der Waals surface area contributed by atoms with Crippen molar-refractivity contribution in [1.29, 1.82) is 0 Å². The molecule has 3 aromatic rings. The molecule has 3 nitrogen and oxygen atoms in total. The fraction of sp³-hybridized carbons (Fsp3) is 0.222. The van der Waals surface area contributed by atoms with E-state index in [1.807, 2.05) is 43.4 Å². The Balaban J connectivity index is 2.09. The molecule has 0 radical (unpaired) electrons. The molecule has 1 unspecified atom stereocenters. The van der Waals surface area contributed by atoms with E-state index in [1.165, 1.54) is 10.9 Å². The maximum Gasteiger partial charge on any atom is 0.118 e. The molecule has 1 heterocycles. The van der Waals surface area contributed by atoms with Crippen molar-refractivity contribution in [2.24, 2.45) is 7.05 Å². The average molecular weight is 281 g/mol. The van der Waals surface area contributed by atoms with Gasteiger partial charge in [-0.25, -0.2) is 0 Å². The third kappa shape index (κ3) is 2.41. The predicted molar refractivity (Wildman–Crippen MR) is 84.8 cm³/mol. The molecule has 1 aromatic heterocycles. The lowest BCUT2D eigenvalue weighted by molar-refractivity contribution is 0.281. The van der Waals surface area contributed by atoms with Gasteiger partial charge in [0.05, 0.1) is 13.7 Å². The molecule has 2 aromatic carbocycles. The lowest BCUT2D eigenvalue weighted by Gasteiger charge is -2.14. The number of para-hydroxylation sites is 1. The van der Waals surface area contributed by atoms with E-state index in [0.717, 1.165) is 16.9 Å². The van der Waals surface area contributed by atoms with Crippen molar-refractivity contribution in [2.45, 2.75) is 5.92 Å². The number of hydrogen-bond acceptors (Lipinski definition) is 2. The molecule has 0 bridgehead atoms. The first-order chi connectivity index (χ1) is 10.2. The number of aromatic nitrogens is 1. The highest BCUT2D eigenvalue weighted by Gasteiger charge is 2.18. The Labute approximate surface area is 124 Å². The highest BCUT2D eigenvalue weighted by molar-refractivity contribution is 5.85. The molecular formula is C18H19NO2. The van der Waals surface area contributed by atoms with Gasteiger partial charge in [-0.3, -0.25) is 0 Å². The van der Waals surface area contributed by atoms with E-state index in [2.05, 4.69) is 22.9 Å². The lowest BCUT2D eigenvalue weighted by Crippen LogP contribution is -2.05. The van der Waals surface area contributed by atoms with Gasteiger partial charge in [-0.1, -0.05) is 30.3 Å². The van der Waals surface area contributed by atoms with E-state index in [4.69, 9.17) is 4.74 Å². The van der Waals surface area contributed by atoms with Crippen molar-refractivity contribution in [3.8, 4) is 5.75 Å². The van der Waals surface area contributed by atoms with Crippen molar-refractivity contribution in [1.82, 2.24) is 4.57 Å². The SMILES string of the molecule is COc1ccc(C(CO)c2cn(C)c3ccccc23)cc1. The Hall–Kier alpha value is -2.26. The molecule has 0 spiro atoms. The van der Waals surface area contributed by atoms with Crippen LogP contribution in [0.3, 0.4) is 0 Å². The van der Waals surface area contributed by atoms with Crippen LogP contribution < -0.4 is 4.74 Å². The summed E-state index contributed by atoms with van der Waals surface area (Å²) >= 11 is 0. The zero-order chi connectivity index (χ0) is 14.8. The summed E-state index contributed by atoms with van der Waals surface area (Å²) in [4.78, 5) is 0. The monoisotopic (exact) mass is 281 g/mol. The van der Waals surface area contributed by atoms with Crippen LogP contribution in [-0.2, 0) is 7.05 Å². The number of hydrogen-bond donors (Lipinski definition) is 1. The summed E-state index contributed by atoms with van der Waals surface area (Å²) in [6.07, 6.45) is 2.11. The van der Waals surface area contributed by atoms with E-state index in [9.17, 15) is 5.11 Å². The molecule has 0 aliphatic rings. The van der Waals surface area contributed by atoms with Crippen molar-refractivity contribution in [3.63, 3.8) is 0 Å². The third-order valence-corrected chi connectivity index (χ3v) is 4.00. The average Bonchev–Trinajstić information content (AvgIpc) is 2.86. The summed E-state index contributed by atoms with van der Waals surface area (Å²) in [5.41, 5.74) is 3.43. The Morgan fingerprint density at radius 2 is 1.81 bits per heavy atom. The maximum atomic E-state index is 9.89. The normalized spacial score (nSPS) is 12.5. The molecule has 1 atom stereocenters. The summed E-state index contributed by atoms with van der Waals surface area (Å²) < 4.78 is 7.30. The van der Waals surface area contributed by atoms with Gasteiger partial charge in [0, 0.05) is 30.1 Å². The van der Waals surface area contributed by atoms with Crippen molar-refractivity contribution < 1.29 is 9.84 Å². The molecule has 0 amide bonds.